The number of aliphatic hydroxyl groups excluding tert-OH is 2. The van der Waals surface area contributed by atoms with Crippen molar-refractivity contribution in [1.29, 1.82) is 0 Å². The molecule has 11 rings (SSSR count). The Hall–Kier alpha value is -7.36. The van der Waals surface area contributed by atoms with Gasteiger partial charge in [-0.3, -0.25) is 9.59 Å². The van der Waals surface area contributed by atoms with Gasteiger partial charge in [0.25, 0.3) is 0 Å². The fourth-order valence-electron chi connectivity index (χ4n) is 13.8. The Balaban J connectivity index is 0.904. The standard InChI is InChI=1S/C63H72BrN7O17S/c1-32-40(28-63(80)51(86-54(76)36-17-13-10-14-18-36)49-61(8,50(75)47(74)44(32)60(63,6)7)42(73)27-43-62(49,29-81-43)87-33(2)72)84-55(77)48(45(35-15-11-9-12-16-35)69-57(78)88-59(3,4)5)85-58(79)70-22-19-34(20-23-70)21-24-71-53-46(52(65)66-30-67-53)68-56(71)89-41-26-39-38(25-37(41)64)82-31-83-39/h9-18,25-26,30,34,40,42-43,45,47-49,51,73-74,80H,19-24,27-29,31H2,1-8H3,(H,69,78)(H2,65,66,67)/t40-,42-,43+,45-,47+,48+,49-,51-,61+,62-,63+/m0/s1. The molecule has 26 heteroatoms. The van der Waals surface area contributed by atoms with Crippen molar-refractivity contribution in [2.45, 2.75) is 164 Å². The lowest BCUT2D eigenvalue weighted by Gasteiger charge is -2.67. The second kappa shape index (κ2) is 24.1. The number of ketones is 1. The van der Waals surface area contributed by atoms with E-state index in [-0.39, 0.29) is 61.4 Å². The number of nitrogens with two attached hydrogens (primary N) is 1. The zero-order valence-corrected chi connectivity index (χ0v) is 52.8. The maximum Gasteiger partial charge on any atom is 0.410 e. The number of nitrogens with one attached hydrogen (secondary N) is 1. The summed E-state index contributed by atoms with van der Waals surface area (Å²) >= 11 is 5.05. The molecule has 2 aromatic heterocycles. The molecule has 6 aliphatic rings. The lowest BCUT2D eigenvalue weighted by Crippen LogP contribution is -2.81. The van der Waals surface area contributed by atoms with E-state index in [0.717, 1.165) is 16.3 Å². The van der Waals surface area contributed by atoms with Gasteiger partial charge in [-0.15, -0.1) is 0 Å². The summed E-state index contributed by atoms with van der Waals surface area (Å²) in [6, 6.07) is 18.3. The number of benzene rings is 3. The molecule has 474 valence electrons. The van der Waals surface area contributed by atoms with Crippen molar-refractivity contribution in [3.05, 3.63) is 106 Å². The van der Waals surface area contributed by atoms with Crippen LogP contribution >= 0.6 is 27.7 Å². The Labute approximate surface area is 525 Å². The Morgan fingerprint density at radius 2 is 1.63 bits per heavy atom. The molecule has 5 aromatic rings. The molecule has 5 heterocycles. The number of anilines is 1. The van der Waals surface area contributed by atoms with Gasteiger partial charge in [0.15, 0.2) is 45.0 Å². The number of likely N-dealkylation sites (tertiary alicyclic amines) is 1. The Morgan fingerprint density at radius 1 is 0.955 bits per heavy atom. The number of rotatable bonds is 14. The van der Waals surface area contributed by atoms with Gasteiger partial charge in [0, 0.05) is 54.2 Å². The fraction of sp³-hybridized carbons (Fsp3) is 0.508. The number of nitrogens with zero attached hydrogens (tertiary/aromatic N) is 5. The van der Waals surface area contributed by atoms with Gasteiger partial charge < -0.3 is 73.7 Å². The van der Waals surface area contributed by atoms with Crippen LogP contribution in [0.3, 0.4) is 0 Å². The number of aromatic nitrogens is 4. The number of Topliss-reactive ketones (excluding diaryl/α,β-unsaturated/α-hetero) is 1. The van der Waals surface area contributed by atoms with Gasteiger partial charge in [-0.05, 0) is 117 Å². The molecular weight excluding hydrogens is 1240 g/mol. The van der Waals surface area contributed by atoms with Crippen molar-refractivity contribution in [3.8, 4) is 11.5 Å². The zero-order chi connectivity index (χ0) is 63.7. The summed E-state index contributed by atoms with van der Waals surface area (Å²) < 4.78 is 51.0. The van der Waals surface area contributed by atoms with Crippen molar-refractivity contribution >= 4 is 80.6 Å². The molecule has 24 nitrogen and oxygen atoms in total. The SMILES string of the molecule is CC(=O)O[C@@]12CO[C@@H]1C[C@H](O)[C@@]1(C)C(=O)[C@H](O)C3=C(C)[C@@H](OC(=O)[C@H](OC(=O)N4CCC(CCn5c(Sc6cc7c(cc6Br)OCO7)nc6c(N)ncnc65)CC4)[C@@H](NC(=O)OC(C)(C)C)c4ccccc4)C[C@@](O)([C@@H](OC(=O)c4ccccc4)[C@H]21)C3(C)C. The van der Waals surface area contributed by atoms with Crippen LogP contribution in [0.15, 0.2) is 105 Å². The van der Waals surface area contributed by atoms with E-state index in [1.54, 1.807) is 83.1 Å². The number of hydrogen-bond donors (Lipinski definition) is 5. The van der Waals surface area contributed by atoms with Crippen molar-refractivity contribution in [3.63, 3.8) is 0 Å². The Bertz CT molecular complexity index is 3630. The number of esters is 3. The van der Waals surface area contributed by atoms with E-state index < -0.39 is 119 Å². The maximum atomic E-state index is 15.6. The molecule has 2 bridgehead atoms. The van der Waals surface area contributed by atoms with Gasteiger partial charge >= 0.3 is 30.1 Å². The lowest BCUT2D eigenvalue weighted by molar-refractivity contribution is -0.346. The van der Waals surface area contributed by atoms with Crippen molar-refractivity contribution in [2.75, 3.05) is 32.2 Å². The molecule has 3 aromatic carbocycles. The number of fused-ring (bicyclic) bond motifs is 7. The molecular formula is C63H72BrN7O17S. The number of aliphatic hydroxyl groups is 3. The number of alkyl carbamates (subject to hydrolysis) is 1. The topological polar surface area (TPSA) is 322 Å². The molecule has 4 fully saturated rings. The van der Waals surface area contributed by atoms with Crippen LogP contribution in [0.5, 0.6) is 11.5 Å². The highest BCUT2D eigenvalue weighted by Crippen LogP contribution is 2.64. The first-order valence-corrected chi connectivity index (χ1v) is 31.1. The first-order valence-electron chi connectivity index (χ1n) is 29.5. The molecule has 0 radical (unpaired) electrons. The Kier molecular flexibility index (Phi) is 17.1. The summed E-state index contributed by atoms with van der Waals surface area (Å²) in [6.07, 6.45) is -9.84. The van der Waals surface area contributed by atoms with E-state index in [1.165, 1.54) is 49.0 Å². The predicted molar refractivity (Wildman–Crippen MR) is 321 cm³/mol. The third-order valence-corrected chi connectivity index (χ3v) is 20.5. The number of hydrogen-bond acceptors (Lipinski definition) is 22. The third kappa shape index (κ3) is 11.6. The van der Waals surface area contributed by atoms with Crippen LogP contribution in [0, 0.1) is 22.7 Å². The average molecular weight is 1310 g/mol. The number of carbonyl (C=O) groups excluding carboxylic acids is 6. The number of halogens is 1. The van der Waals surface area contributed by atoms with Crippen LogP contribution in [0.2, 0.25) is 0 Å². The number of carbonyl (C=O) groups is 6. The van der Waals surface area contributed by atoms with Gasteiger partial charge in [0.05, 0.1) is 29.6 Å². The van der Waals surface area contributed by atoms with Gasteiger partial charge in [-0.1, -0.05) is 74.1 Å². The van der Waals surface area contributed by atoms with Crippen molar-refractivity contribution in [2.24, 2.45) is 22.7 Å². The maximum absolute atomic E-state index is 15.6. The molecule has 89 heavy (non-hydrogen) atoms. The summed E-state index contributed by atoms with van der Waals surface area (Å²) in [7, 11) is 0. The van der Waals surface area contributed by atoms with E-state index in [0.29, 0.717) is 59.2 Å². The number of amides is 2. The third-order valence-electron chi connectivity index (χ3n) is 18.6. The van der Waals surface area contributed by atoms with Gasteiger partial charge in [0.1, 0.15) is 48.0 Å². The monoisotopic (exact) mass is 1310 g/mol. The highest BCUT2D eigenvalue weighted by molar-refractivity contribution is 9.10. The van der Waals surface area contributed by atoms with E-state index in [4.69, 9.17) is 48.6 Å². The normalized spacial score (nSPS) is 27.8. The first kappa shape index (κ1) is 63.2. The number of piperidine rings is 1. The van der Waals surface area contributed by atoms with E-state index in [1.807, 2.05) is 16.7 Å². The smallest absolute Gasteiger partial charge is 0.410 e. The quantitative estimate of drug-likeness (QED) is 0.0406. The molecule has 2 saturated carbocycles. The second-order valence-corrected chi connectivity index (χ2v) is 27.2. The molecule has 11 atom stereocenters. The summed E-state index contributed by atoms with van der Waals surface area (Å²) in [6.45, 7) is 12.8. The van der Waals surface area contributed by atoms with E-state index in [2.05, 4.69) is 31.2 Å². The molecule has 0 unspecified atom stereocenters. The summed E-state index contributed by atoms with van der Waals surface area (Å²) in [5, 5.41) is 42.1. The molecule has 2 saturated heterocycles. The molecule has 2 amide bonds. The second-order valence-electron chi connectivity index (χ2n) is 25.4. The molecule has 0 spiro atoms. The Morgan fingerprint density at radius 3 is 2.28 bits per heavy atom. The first-order chi connectivity index (χ1) is 42.1. The number of imidazole rings is 1. The summed E-state index contributed by atoms with van der Waals surface area (Å²) in [4.78, 5) is 103. The highest BCUT2D eigenvalue weighted by atomic mass is 79.9. The van der Waals surface area contributed by atoms with Crippen LogP contribution in [0.25, 0.3) is 11.2 Å². The van der Waals surface area contributed by atoms with Crippen LogP contribution in [0.4, 0.5) is 15.4 Å². The molecule has 3 aliphatic heterocycles. The molecule has 6 N–H and O–H groups in total. The molecule has 3 aliphatic carbocycles. The van der Waals surface area contributed by atoms with Crippen LogP contribution in [-0.4, -0.2) is 156 Å². The fourth-order valence-corrected chi connectivity index (χ4v) is 15.4. The summed E-state index contributed by atoms with van der Waals surface area (Å²) in [5.74, 6) is -3.99. The minimum atomic E-state index is -2.46. The predicted octanol–water partition coefficient (Wildman–Crippen LogP) is 7.57. The summed E-state index contributed by atoms with van der Waals surface area (Å²) in [5.41, 5.74) is -1.45. The van der Waals surface area contributed by atoms with Crippen molar-refractivity contribution < 1.29 is 82.0 Å². The zero-order valence-electron chi connectivity index (χ0n) is 50.4. The minimum absolute atomic E-state index is 0.0495. The number of nitrogen functional groups attached to an aromatic ring is 1. The highest BCUT2D eigenvalue weighted by Gasteiger charge is 2.78. The number of aryl methyl sites for hydroxylation is 1. The average Bonchev–Trinajstić information content (AvgIpc) is 1.12. The van der Waals surface area contributed by atoms with Crippen LogP contribution in [-0.2, 0) is 49.3 Å². The van der Waals surface area contributed by atoms with E-state index >= 15 is 9.59 Å². The van der Waals surface area contributed by atoms with Crippen LogP contribution in [0.1, 0.15) is 109 Å². The van der Waals surface area contributed by atoms with Crippen molar-refractivity contribution in [1.82, 2.24) is 29.7 Å². The lowest BCUT2D eigenvalue weighted by atomic mass is 9.44. The van der Waals surface area contributed by atoms with Gasteiger partial charge in [-0.2, -0.15) is 0 Å². The largest absolute Gasteiger partial charge is 0.455 e. The van der Waals surface area contributed by atoms with Gasteiger partial charge in [0.2, 0.25) is 12.9 Å². The van der Waals surface area contributed by atoms with Crippen LogP contribution < -0.4 is 20.5 Å². The van der Waals surface area contributed by atoms with Gasteiger partial charge in [-0.25, -0.2) is 34.1 Å². The van der Waals surface area contributed by atoms with E-state index in [9.17, 15) is 34.5 Å². The minimum Gasteiger partial charge on any atom is -0.455 e. The number of ether oxygens (including phenoxy) is 8.